The molecule has 1 amide bonds. The average molecular weight is 718 g/mol. The van der Waals surface area contributed by atoms with E-state index in [1.165, 1.54) is 11.9 Å². The summed E-state index contributed by atoms with van der Waals surface area (Å²) in [5, 5.41) is 28.5. The van der Waals surface area contributed by atoms with Gasteiger partial charge in [-0.25, -0.2) is 0 Å². The van der Waals surface area contributed by atoms with Crippen LogP contribution in [0.4, 0.5) is 0 Å². The van der Waals surface area contributed by atoms with Crippen molar-refractivity contribution in [3.8, 4) is 0 Å². The van der Waals surface area contributed by atoms with Crippen molar-refractivity contribution in [2.24, 2.45) is 0 Å². The Morgan fingerprint density at radius 3 is 1.07 bits per heavy atom. The van der Waals surface area contributed by atoms with E-state index in [2.05, 4.69) is 5.32 Å². The predicted molar refractivity (Wildman–Crippen MR) is 69.9 cm³/mol. The van der Waals surface area contributed by atoms with Crippen molar-refractivity contribution in [1.29, 1.82) is 0 Å². The second-order valence-electron chi connectivity index (χ2n) is 4.28. The van der Waals surface area contributed by atoms with E-state index in [1.54, 1.807) is 0 Å². The molecular weight excluding hydrogens is 699 g/mol. The first-order valence-corrected chi connectivity index (χ1v) is 6.05. The van der Waals surface area contributed by atoms with Crippen LogP contribution in [0.5, 0.6) is 0 Å². The number of carbonyl (C=O) groups excluding carboxylic acids is 1. The van der Waals surface area contributed by atoms with Gasteiger partial charge >= 0.3 is 35.0 Å². The van der Waals surface area contributed by atoms with Crippen molar-refractivity contribution >= 4 is 23.8 Å². The van der Waals surface area contributed by atoms with Crippen molar-refractivity contribution in [1.82, 2.24) is 15.1 Å². The van der Waals surface area contributed by atoms with E-state index in [-0.39, 0.29) is 172 Å². The van der Waals surface area contributed by atoms with Crippen LogP contribution in [0.15, 0.2) is 0 Å². The van der Waals surface area contributed by atoms with Crippen LogP contribution in [0.3, 0.4) is 0 Å². The molecule has 0 aromatic heterocycles. The van der Waals surface area contributed by atoms with Crippen molar-refractivity contribution in [2.45, 2.75) is 0 Å². The van der Waals surface area contributed by atoms with Crippen LogP contribution in [-0.2, 0) is 166 Å². The Bertz CT molecular complexity index is 412. The van der Waals surface area contributed by atoms with Crippen LogP contribution >= 0.6 is 0 Å². The zero-order valence-corrected chi connectivity index (χ0v) is 26.0. The molecule has 4 N–H and O–H groups in total. The van der Waals surface area contributed by atoms with Gasteiger partial charge in [-0.1, -0.05) is 0 Å². The molecule has 0 bridgehead atoms. The van der Waals surface area contributed by atoms with E-state index in [4.69, 9.17) is 15.3 Å². The summed E-state index contributed by atoms with van der Waals surface area (Å²) < 4.78 is 0. The molecule has 0 aliphatic carbocycles. The van der Waals surface area contributed by atoms with Crippen molar-refractivity contribution in [3.05, 3.63) is 0 Å². The summed E-state index contributed by atoms with van der Waals surface area (Å²) in [5.74, 6) is -3.90. The van der Waals surface area contributed by atoms with Crippen LogP contribution in [0, 0.1) is 0 Å². The van der Waals surface area contributed by atoms with E-state index in [9.17, 15) is 19.2 Å². The van der Waals surface area contributed by atoms with Gasteiger partial charge in [0, 0.05) is 150 Å². The Hall–Kier alpha value is 2.41. The number of carbonyl (C=O) groups is 4. The second kappa shape index (κ2) is 35.0. The van der Waals surface area contributed by atoms with Crippen LogP contribution in [-0.4, -0.2) is 95.3 Å². The summed E-state index contributed by atoms with van der Waals surface area (Å²) in [5.41, 5.74) is 0. The number of hydrogen-bond donors (Lipinski definition) is 4. The first-order valence-electron chi connectivity index (χ1n) is 6.05. The number of hydrogen-bond acceptors (Lipinski definition) is 6. The molecule has 0 heterocycles. The molecule has 0 spiro atoms. The molecule has 10 nitrogen and oxygen atoms in total. The molecule has 18 heteroatoms. The third-order valence-electron chi connectivity index (χ3n) is 2.46. The van der Waals surface area contributed by atoms with E-state index in [0.29, 0.717) is 0 Å². The van der Waals surface area contributed by atoms with Gasteiger partial charge in [-0.05, 0) is 0 Å². The number of amides is 1. The molecule has 0 saturated carbocycles. The topological polar surface area (TPSA) is 147 Å². The summed E-state index contributed by atoms with van der Waals surface area (Å²) in [7, 11) is 1.41. The molecule has 29 heavy (non-hydrogen) atoms. The molecule has 0 atom stereocenters. The second-order valence-corrected chi connectivity index (χ2v) is 4.28. The van der Waals surface area contributed by atoms with Gasteiger partial charge in [0.2, 0.25) is 5.91 Å². The summed E-state index contributed by atoms with van der Waals surface area (Å²) >= 11 is 0. The standard InChI is InChI=1S/C11H19N3O7.Fe.7V/c1-12-8(15)4-13(5-9(16)17)2-3-14(6-10(18)19)7-11(20)21;;;;;;;;/h2-7H2,1H3,(H,12,15)(H,16,17)(H,18,19)(H,20,21);;;;;;;;/q;+2;;;;;;;. The average Bonchev–Trinajstić information content (AvgIpc) is 2.33. The molecule has 161 valence electrons. The number of carboxylic acid groups (broad SMARTS) is 3. The van der Waals surface area contributed by atoms with Gasteiger partial charge in [0.1, 0.15) is 0 Å². The number of nitrogens with zero attached hydrogens (tertiary/aromatic N) is 2. The van der Waals surface area contributed by atoms with Gasteiger partial charge in [-0.3, -0.25) is 29.0 Å². The minimum absolute atomic E-state index is 0. The molecule has 0 unspecified atom stereocenters. The van der Waals surface area contributed by atoms with Gasteiger partial charge < -0.3 is 20.6 Å². The number of aliphatic carboxylic acids is 3. The summed E-state index contributed by atoms with van der Waals surface area (Å²) in [6.45, 7) is -1.46. The number of likely N-dealkylation sites (N-methyl/N-ethyl adjacent to an activating group) is 1. The molecule has 0 rings (SSSR count). The van der Waals surface area contributed by atoms with Crippen LogP contribution in [0.25, 0.3) is 0 Å². The smallest absolute Gasteiger partial charge is 0.480 e. The molecule has 0 aromatic carbocycles. The molecule has 0 aliphatic rings. The summed E-state index contributed by atoms with van der Waals surface area (Å²) in [6, 6.07) is 0. The minimum atomic E-state index is -1.19. The number of rotatable bonds is 11. The van der Waals surface area contributed by atoms with Crippen LogP contribution in [0.1, 0.15) is 0 Å². The van der Waals surface area contributed by atoms with Gasteiger partial charge in [-0.15, -0.1) is 0 Å². The van der Waals surface area contributed by atoms with E-state index in [0.717, 1.165) is 4.90 Å². The van der Waals surface area contributed by atoms with Crippen molar-refractivity contribution < 1.29 is 181 Å². The molecule has 0 aliphatic heterocycles. The maximum atomic E-state index is 11.3. The summed E-state index contributed by atoms with van der Waals surface area (Å²) in [6.07, 6.45) is 0. The molecule has 0 fully saturated rings. The SMILES string of the molecule is CNC(=O)CN(CCN(CC(=O)O)CC(=O)O)CC(=O)O.[Fe+2].[V].[V].[V].[V].[V].[V].[V]. The van der Waals surface area contributed by atoms with Crippen LogP contribution in [0.2, 0.25) is 0 Å². The quantitative estimate of drug-likeness (QED) is 0.172. The van der Waals surface area contributed by atoms with E-state index >= 15 is 0 Å². The number of carboxylic acids is 3. The maximum absolute atomic E-state index is 11.3. The first kappa shape index (κ1) is 57.8. The van der Waals surface area contributed by atoms with Crippen molar-refractivity contribution in [3.63, 3.8) is 0 Å². The van der Waals surface area contributed by atoms with Gasteiger partial charge in [0.05, 0.1) is 26.2 Å². The Labute approximate surface area is 263 Å². The first-order chi connectivity index (χ1) is 9.74. The zero-order chi connectivity index (χ0) is 16.4. The van der Waals surface area contributed by atoms with Gasteiger partial charge in [0.15, 0.2) is 0 Å². The fourth-order valence-electron chi connectivity index (χ4n) is 1.57. The van der Waals surface area contributed by atoms with E-state index in [1.807, 2.05) is 0 Å². The Morgan fingerprint density at radius 1 is 0.621 bits per heavy atom. The van der Waals surface area contributed by atoms with Crippen molar-refractivity contribution in [2.75, 3.05) is 46.3 Å². The fourth-order valence-corrected chi connectivity index (χ4v) is 1.57. The Balaban J connectivity index is -0.0000000714. The minimum Gasteiger partial charge on any atom is -0.480 e. The van der Waals surface area contributed by atoms with Gasteiger partial charge in [0.25, 0.3) is 0 Å². The Kier molecular flexibility index (Phi) is 69.8. The maximum Gasteiger partial charge on any atom is 2.00 e. The molecule has 7 radical (unpaired) electrons. The number of nitrogens with one attached hydrogen (secondary N) is 1. The largest absolute Gasteiger partial charge is 2.00 e. The monoisotopic (exact) mass is 718 g/mol. The molecule has 0 saturated heterocycles. The third kappa shape index (κ3) is 38.0. The fraction of sp³-hybridized carbons (Fsp3) is 0.636. The summed E-state index contributed by atoms with van der Waals surface area (Å²) in [4.78, 5) is 45.7. The van der Waals surface area contributed by atoms with E-state index < -0.39 is 37.5 Å². The normalized spacial score (nSPS) is 7.69. The van der Waals surface area contributed by atoms with Gasteiger partial charge in [-0.2, -0.15) is 0 Å². The zero-order valence-electron chi connectivity index (χ0n) is 15.1. The van der Waals surface area contributed by atoms with Crippen LogP contribution < -0.4 is 5.32 Å². The molecule has 0 aromatic rings. The predicted octanol–water partition coefficient (Wildman–Crippen LogP) is -2.43. The third-order valence-corrected chi connectivity index (χ3v) is 2.46. The Morgan fingerprint density at radius 2 is 0.862 bits per heavy atom. The molecular formula is C11H19FeN3O7V7+2.